The third-order valence-electron chi connectivity index (χ3n) is 9.43. The van der Waals surface area contributed by atoms with Crippen molar-refractivity contribution in [3.05, 3.63) is 0 Å². The fourth-order valence-electron chi connectivity index (χ4n) is 8.14. The molecule has 9 atom stereocenters. The second-order valence-corrected chi connectivity index (χ2v) is 10.2. The molecule has 5 fully saturated rings. The van der Waals surface area contributed by atoms with Crippen LogP contribution >= 0.6 is 0 Å². The largest absolute Gasteiger partial charge is 0.393 e. The number of ether oxygens (including phenoxy) is 2. The first-order valence-corrected chi connectivity index (χ1v) is 10.6. The van der Waals surface area contributed by atoms with Crippen LogP contribution in [0, 0.1) is 34.5 Å². The van der Waals surface area contributed by atoms with Crippen LogP contribution in [0.4, 0.5) is 4.39 Å². The maximum Gasteiger partial charge on any atom is 0.205 e. The van der Waals surface area contributed by atoms with E-state index in [-0.39, 0.29) is 28.8 Å². The van der Waals surface area contributed by atoms with Crippen molar-refractivity contribution in [2.45, 2.75) is 83.0 Å². The molecule has 1 saturated heterocycles. The van der Waals surface area contributed by atoms with E-state index in [0.29, 0.717) is 37.9 Å². The molecule has 5 heteroatoms. The Labute approximate surface area is 155 Å². The summed E-state index contributed by atoms with van der Waals surface area (Å²) in [6, 6.07) is 0. The number of aliphatic hydroxyl groups excluding tert-OH is 2. The highest BCUT2D eigenvalue weighted by Gasteiger charge is 2.72. The van der Waals surface area contributed by atoms with E-state index in [1.54, 1.807) is 0 Å². The van der Waals surface area contributed by atoms with Crippen molar-refractivity contribution < 1.29 is 24.1 Å². The van der Waals surface area contributed by atoms with Gasteiger partial charge in [0, 0.05) is 5.41 Å². The summed E-state index contributed by atoms with van der Waals surface area (Å²) in [6.07, 6.45) is 3.98. The van der Waals surface area contributed by atoms with Gasteiger partial charge in [0.25, 0.3) is 0 Å². The minimum Gasteiger partial charge on any atom is -0.393 e. The summed E-state index contributed by atoms with van der Waals surface area (Å²) in [7, 11) is 0. The van der Waals surface area contributed by atoms with Crippen molar-refractivity contribution >= 4 is 0 Å². The summed E-state index contributed by atoms with van der Waals surface area (Å²) in [5.41, 5.74) is -0.247. The minimum absolute atomic E-state index is 0.0574. The van der Waals surface area contributed by atoms with Gasteiger partial charge in [-0.25, -0.2) is 4.39 Å². The van der Waals surface area contributed by atoms with Crippen molar-refractivity contribution in [3.63, 3.8) is 0 Å². The van der Waals surface area contributed by atoms with Crippen molar-refractivity contribution in [2.75, 3.05) is 13.2 Å². The normalized spacial score (nSPS) is 58.3. The summed E-state index contributed by atoms with van der Waals surface area (Å²) in [4.78, 5) is 0. The molecule has 1 aliphatic heterocycles. The number of hydrogen-bond acceptors (Lipinski definition) is 4. The summed E-state index contributed by atoms with van der Waals surface area (Å²) in [5, 5.41) is 21.1. The van der Waals surface area contributed by atoms with Gasteiger partial charge >= 0.3 is 0 Å². The highest BCUT2D eigenvalue weighted by molar-refractivity contribution is 5.16. The Kier molecular flexibility index (Phi) is 3.88. The van der Waals surface area contributed by atoms with Gasteiger partial charge in [-0.15, -0.1) is 0 Å². The second kappa shape index (κ2) is 5.65. The van der Waals surface area contributed by atoms with Crippen molar-refractivity contribution in [1.82, 2.24) is 0 Å². The van der Waals surface area contributed by atoms with Gasteiger partial charge in [-0.1, -0.05) is 13.8 Å². The molecule has 4 nitrogen and oxygen atoms in total. The number of fused-ring (bicyclic) bond motifs is 6. The topological polar surface area (TPSA) is 58.9 Å². The van der Waals surface area contributed by atoms with Crippen molar-refractivity contribution in [3.8, 4) is 0 Å². The monoisotopic (exact) mass is 368 g/mol. The zero-order valence-corrected chi connectivity index (χ0v) is 16.0. The first-order valence-electron chi connectivity index (χ1n) is 10.6. The van der Waals surface area contributed by atoms with Gasteiger partial charge in [0.15, 0.2) is 6.17 Å². The predicted molar refractivity (Wildman–Crippen MR) is 94.0 cm³/mol. The Balaban J connectivity index is 1.50. The Morgan fingerprint density at radius 2 is 1.62 bits per heavy atom. The quantitative estimate of drug-likeness (QED) is 0.690. The number of hydrogen-bond donors (Lipinski definition) is 2. The van der Waals surface area contributed by atoms with E-state index in [2.05, 4.69) is 13.8 Å². The second-order valence-electron chi connectivity index (χ2n) is 10.2. The van der Waals surface area contributed by atoms with E-state index in [1.165, 1.54) is 0 Å². The molecule has 2 N–H and O–H groups in total. The molecule has 0 radical (unpaired) electrons. The molecule has 4 saturated carbocycles. The van der Waals surface area contributed by atoms with Crippen LogP contribution in [0.2, 0.25) is 0 Å². The fourth-order valence-corrected chi connectivity index (χ4v) is 8.14. The van der Waals surface area contributed by atoms with E-state index in [4.69, 9.17) is 9.47 Å². The van der Waals surface area contributed by atoms with Crippen LogP contribution in [-0.4, -0.2) is 47.6 Å². The highest BCUT2D eigenvalue weighted by Crippen LogP contribution is 2.69. The van der Waals surface area contributed by atoms with Gasteiger partial charge in [0.2, 0.25) is 5.79 Å². The maximum atomic E-state index is 15.2. The molecule has 4 unspecified atom stereocenters. The van der Waals surface area contributed by atoms with Gasteiger partial charge in [-0.3, -0.25) is 0 Å². The molecule has 1 heterocycles. The van der Waals surface area contributed by atoms with E-state index in [1.807, 2.05) is 0 Å². The Morgan fingerprint density at radius 1 is 0.885 bits per heavy atom. The molecule has 5 rings (SSSR count). The number of alkyl halides is 1. The van der Waals surface area contributed by atoms with E-state index >= 15 is 4.39 Å². The zero-order valence-electron chi connectivity index (χ0n) is 16.0. The molecule has 0 amide bonds. The average Bonchev–Trinajstić information content (AvgIpc) is 3.18. The van der Waals surface area contributed by atoms with Crippen LogP contribution in [0.3, 0.4) is 0 Å². The van der Waals surface area contributed by atoms with Crippen LogP contribution in [-0.2, 0) is 9.47 Å². The summed E-state index contributed by atoms with van der Waals surface area (Å²) in [5.74, 6) is 0.144. The van der Waals surface area contributed by atoms with Crippen LogP contribution in [0.1, 0.15) is 58.8 Å². The lowest BCUT2D eigenvalue weighted by atomic mass is 9.44. The van der Waals surface area contributed by atoms with Crippen LogP contribution < -0.4 is 0 Å². The number of halogens is 1. The van der Waals surface area contributed by atoms with E-state index < -0.39 is 18.1 Å². The molecule has 0 aromatic rings. The first kappa shape index (κ1) is 17.8. The van der Waals surface area contributed by atoms with Gasteiger partial charge in [-0.05, 0) is 74.0 Å². The minimum atomic E-state index is -1.07. The molecule has 5 aliphatic rings. The molecule has 148 valence electrons. The standard InChI is InChI=1S/C21H33FO4/c1-19-5-3-12(23)9-16(19)17(24)10-13-14(19)4-6-20(2)15(13)11-18(22)21(20)25-7-8-26-21/h12-18,23-24H,3-11H2,1-2H3/t12-,13?,14?,15?,16?,17-,18+,19+,20-/m0/s1. The lowest BCUT2D eigenvalue weighted by Gasteiger charge is -2.62. The smallest absolute Gasteiger partial charge is 0.205 e. The van der Waals surface area contributed by atoms with E-state index in [0.717, 1.165) is 32.1 Å². The van der Waals surface area contributed by atoms with Crippen LogP contribution in [0.15, 0.2) is 0 Å². The third-order valence-corrected chi connectivity index (χ3v) is 9.43. The average molecular weight is 368 g/mol. The van der Waals surface area contributed by atoms with Gasteiger partial charge in [0.05, 0.1) is 25.4 Å². The van der Waals surface area contributed by atoms with Crippen molar-refractivity contribution in [1.29, 1.82) is 0 Å². The lowest BCUT2D eigenvalue weighted by Crippen LogP contribution is -2.60. The van der Waals surface area contributed by atoms with Gasteiger partial charge in [-0.2, -0.15) is 0 Å². The molecule has 1 spiro atoms. The van der Waals surface area contributed by atoms with Gasteiger partial charge < -0.3 is 19.7 Å². The number of rotatable bonds is 0. The molecule has 0 aromatic carbocycles. The molecule has 4 aliphatic carbocycles. The molecule has 0 bridgehead atoms. The van der Waals surface area contributed by atoms with Crippen molar-refractivity contribution in [2.24, 2.45) is 34.5 Å². The van der Waals surface area contributed by atoms with Crippen LogP contribution in [0.25, 0.3) is 0 Å². The zero-order chi connectivity index (χ0) is 18.3. The molecular weight excluding hydrogens is 335 g/mol. The molecule has 0 aromatic heterocycles. The fraction of sp³-hybridized carbons (Fsp3) is 1.00. The maximum absolute atomic E-state index is 15.2. The Bertz CT molecular complexity index is 578. The lowest BCUT2D eigenvalue weighted by molar-refractivity contribution is -0.269. The summed E-state index contributed by atoms with van der Waals surface area (Å²) in [6.45, 7) is 5.46. The number of aliphatic hydroxyl groups is 2. The predicted octanol–water partition coefficient (Wildman–Crippen LogP) is 3.05. The molecular formula is C21H33FO4. The SMILES string of the molecule is C[C@]12CC[C@H](O)CC1[C@@H](O)CC1C2CC[C@@]2(C)C1C[C@@H](F)C21OCCO1. The summed E-state index contributed by atoms with van der Waals surface area (Å²) >= 11 is 0. The first-order chi connectivity index (χ1) is 12.3. The molecule has 26 heavy (non-hydrogen) atoms. The van der Waals surface area contributed by atoms with E-state index in [9.17, 15) is 10.2 Å². The third kappa shape index (κ3) is 2.04. The highest BCUT2D eigenvalue weighted by atomic mass is 19.1. The van der Waals surface area contributed by atoms with Crippen LogP contribution in [0.5, 0.6) is 0 Å². The Hall–Kier alpha value is -0.230. The summed E-state index contributed by atoms with van der Waals surface area (Å²) < 4.78 is 27.1. The van der Waals surface area contributed by atoms with Gasteiger partial charge in [0.1, 0.15) is 0 Å². The Morgan fingerprint density at radius 3 is 2.35 bits per heavy atom.